The summed E-state index contributed by atoms with van der Waals surface area (Å²) in [5, 5.41) is 28.5. The van der Waals surface area contributed by atoms with Gasteiger partial charge in [-0.25, -0.2) is 0 Å². The summed E-state index contributed by atoms with van der Waals surface area (Å²) in [6.45, 7) is 13.4. The van der Waals surface area contributed by atoms with E-state index in [0.717, 1.165) is 0 Å². The third kappa shape index (κ3) is 36.0. The van der Waals surface area contributed by atoms with Gasteiger partial charge in [-0.3, -0.25) is 0 Å². The van der Waals surface area contributed by atoms with Crippen molar-refractivity contribution in [1.82, 2.24) is 0 Å². The van der Waals surface area contributed by atoms with E-state index in [0.29, 0.717) is 0 Å². The van der Waals surface area contributed by atoms with Crippen molar-refractivity contribution in [2.24, 2.45) is 0 Å². The Kier molecular flexibility index (Phi) is 27.7. The fourth-order valence-electron chi connectivity index (χ4n) is 0. The number of carbonyl (C=O) groups excluding carboxylic acids is 3. The average molecular weight is 319 g/mol. The van der Waals surface area contributed by atoms with Gasteiger partial charge in [-0.2, -0.15) is 0 Å². The molecule has 0 bridgehead atoms. The first-order valence-electron chi connectivity index (χ1n) is 4.54. The third-order valence-corrected chi connectivity index (χ3v) is 1.05. The van der Waals surface area contributed by atoms with Gasteiger partial charge in [0.25, 0.3) is 0 Å². The number of carbonyl (C=O) groups is 3. The maximum Gasteiger partial charge on any atom is 3.00 e. The maximum absolute atomic E-state index is 9.49. The molecule has 0 saturated heterocycles. The van der Waals surface area contributed by atoms with Crippen LogP contribution in [0.3, 0.4) is 0 Å². The van der Waals surface area contributed by atoms with E-state index in [1.165, 1.54) is 20.8 Å². The first-order valence-corrected chi connectivity index (χ1v) is 4.54. The molecular formula is C12H16FeLiO6. The van der Waals surface area contributed by atoms with Gasteiger partial charge in [0, 0.05) is 0 Å². The van der Waals surface area contributed by atoms with Crippen molar-refractivity contribution in [2.45, 2.75) is 20.8 Å². The van der Waals surface area contributed by atoms with Gasteiger partial charge < -0.3 is 31.1 Å². The van der Waals surface area contributed by atoms with E-state index in [1.54, 1.807) is 0 Å². The van der Waals surface area contributed by atoms with Crippen molar-refractivity contribution in [1.29, 1.82) is 0 Å². The zero-order valence-corrected chi connectivity index (χ0v) is 13.0. The zero-order valence-electron chi connectivity index (χ0n) is 12.9. The van der Waals surface area contributed by atoms with Crippen LogP contribution in [0.2, 0.25) is 0 Å². The van der Waals surface area contributed by atoms with Crippen LogP contribution in [0.1, 0.15) is 22.2 Å². The van der Waals surface area contributed by atoms with Crippen LogP contribution in [0.25, 0.3) is 0 Å². The van der Waals surface area contributed by atoms with Crippen molar-refractivity contribution in [3.8, 4) is 0 Å². The molecule has 109 valence electrons. The van der Waals surface area contributed by atoms with E-state index < -0.39 is 17.9 Å². The molecule has 8 heteroatoms. The largest absolute Gasteiger partial charge is 3.00 e. The maximum atomic E-state index is 9.49. The topological polar surface area (TPSA) is 120 Å². The molecule has 0 aliphatic heterocycles. The number of aliphatic carboxylic acids is 3. The minimum absolute atomic E-state index is 0. The quantitative estimate of drug-likeness (QED) is 0.380. The van der Waals surface area contributed by atoms with Crippen LogP contribution in [-0.4, -0.2) is 17.9 Å². The molecule has 0 heterocycles. The zero-order chi connectivity index (χ0) is 15.5. The van der Waals surface area contributed by atoms with Crippen LogP contribution in [0.15, 0.2) is 36.5 Å². The third-order valence-electron chi connectivity index (χ3n) is 1.05. The second-order valence-electron chi connectivity index (χ2n) is 3.20. The molecule has 0 fully saturated rings. The van der Waals surface area contributed by atoms with E-state index in [-0.39, 0.29) is 54.1 Å². The summed E-state index contributed by atoms with van der Waals surface area (Å²) in [5.41, 5.74) is 0.194. The van der Waals surface area contributed by atoms with E-state index in [2.05, 4.69) is 19.7 Å². The number of carboxylic acid groups (broad SMARTS) is 3. The van der Waals surface area contributed by atoms with Crippen LogP contribution in [0, 0.1) is 0 Å². The number of rotatable bonds is 3. The molecule has 0 rings (SSSR count). The molecule has 0 N–H and O–H groups in total. The summed E-state index contributed by atoms with van der Waals surface area (Å²) >= 11 is 0. The van der Waals surface area contributed by atoms with Gasteiger partial charge in [0.1, 0.15) is 0 Å². The summed E-state index contributed by atoms with van der Waals surface area (Å²) in [5.74, 6) is -3.56. The van der Waals surface area contributed by atoms with E-state index >= 15 is 0 Å². The van der Waals surface area contributed by atoms with Crippen molar-refractivity contribution >= 4 is 17.9 Å². The van der Waals surface area contributed by atoms with Crippen molar-refractivity contribution in [3.05, 3.63) is 36.5 Å². The smallest absolute Gasteiger partial charge is 1.00 e. The van der Waals surface area contributed by atoms with Crippen LogP contribution < -0.4 is 34.2 Å². The number of hydrogen-bond acceptors (Lipinski definition) is 6. The van der Waals surface area contributed by atoms with Gasteiger partial charge in [-0.1, -0.05) is 19.7 Å². The molecule has 20 heavy (non-hydrogen) atoms. The second kappa shape index (κ2) is 17.7. The first-order chi connectivity index (χ1) is 7.93. The summed E-state index contributed by atoms with van der Waals surface area (Å²) in [6, 6.07) is 0. The fourth-order valence-corrected chi connectivity index (χ4v) is 0. The predicted molar refractivity (Wildman–Crippen MR) is 60.6 cm³/mol. The summed E-state index contributed by atoms with van der Waals surface area (Å²) in [7, 11) is 0. The second-order valence-corrected chi connectivity index (χ2v) is 3.20. The van der Waals surface area contributed by atoms with E-state index in [9.17, 15) is 29.7 Å². The molecular weight excluding hydrogens is 303 g/mol. The van der Waals surface area contributed by atoms with E-state index in [1.807, 2.05) is 0 Å². The molecule has 0 aliphatic carbocycles. The molecule has 0 atom stereocenters. The SMILES string of the molecule is C=C(C)C(=O)[O-].C=C(C)C(=O)[O-].C=C(C)C(=O)[O-].[Fe+3].[H-].[Li+]. The molecule has 0 saturated carbocycles. The van der Waals surface area contributed by atoms with Gasteiger partial charge in [-0.05, 0) is 37.5 Å². The molecule has 6 nitrogen and oxygen atoms in total. The Balaban J connectivity index is -0.0000000375. The minimum Gasteiger partial charge on any atom is -1.00 e. The standard InChI is InChI=1S/3C4H6O2.Fe.Li.H/c3*1-3(2)4(5)6;;;/h3*1H2,2H3,(H,5,6);;;/q;;;+3;+1;-1/p-3. The Morgan fingerprint density at radius 2 is 0.750 bits per heavy atom. The summed E-state index contributed by atoms with van der Waals surface area (Å²) in [6.07, 6.45) is 0. The summed E-state index contributed by atoms with van der Waals surface area (Å²) in [4.78, 5) is 28.5. The summed E-state index contributed by atoms with van der Waals surface area (Å²) < 4.78 is 0. The van der Waals surface area contributed by atoms with Crippen LogP contribution in [0.5, 0.6) is 0 Å². The van der Waals surface area contributed by atoms with Gasteiger partial charge >= 0.3 is 35.9 Å². The van der Waals surface area contributed by atoms with Crippen molar-refractivity contribution in [2.75, 3.05) is 0 Å². The Morgan fingerprint density at radius 3 is 0.750 bits per heavy atom. The normalized spacial score (nSPS) is 6.75. The van der Waals surface area contributed by atoms with Crippen LogP contribution >= 0.6 is 0 Å². The Hall–Kier alpha value is -1.25. The molecule has 0 aromatic rings. The molecule has 0 spiro atoms. The molecule has 0 aromatic heterocycles. The number of carboxylic acids is 3. The van der Waals surface area contributed by atoms with Gasteiger partial charge in [-0.15, -0.1) is 0 Å². The fraction of sp³-hybridized carbons (Fsp3) is 0.250. The van der Waals surface area contributed by atoms with Gasteiger partial charge in [0.15, 0.2) is 0 Å². The molecule has 0 unspecified atom stereocenters. The van der Waals surface area contributed by atoms with Crippen molar-refractivity contribution in [3.63, 3.8) is 0 Å². The predicted octanol–water partition coefficient (Wildman–Crippen LogP) is -4.95. The monoisotopic (exact) mass is 319 g/mol. The Bertz CT molecular complexity index is 289. The Labute approximate surface area is 142 Å². The van der Waals surface area contributed by atoms with Crippen LogP contribution in [-0.2, 0) is 31.5 Å². The minimum atomic E-state index is -1.19. The Morgan fingerprint density at radius 1 is 0.700 bits per heavy atom. The van der Waals surface area contributed by atoms with Gasteiger partial charge in [0.2, 0.25) is 0 Å². The molecule has 1 radical (unpaired) electrons. The average Bonchev–Trinajstić information content (AvgIpc) is 2.18. The van der Waals surface area contributed by atoms with Crippen LogP contribution in [0.4, 0.5) is 0 Å². The van der Waals surface area contributed by atoms with Gasteiger partial charge in [0.05, 0.1) is 17.9 Å². The molecule has 0 aromatic carbocycles. The number of hydrogen-bond donors (Lipinski definition) is 0. The first kappa shape index (κ1) is 31.2. The van der Waals surface area contributed by atoms with E-state index in [4.69, 9.17) is 0 Å². The molecule has 0 amide bonds. The molecule has 0 aliphatic rings. The van der Waals surface area contributed by atoms with Crippen molar-refractivity contribution < 1.29 is 67.1 Å².